The summed E-state index contributed by atoms with van der Waals surface area (Å²) in [4.78, 5) is 26.9. The zero-order chi connectivity index (χ0) is 18.8. The first kappa shape index (κ1) is 17.6. The molecule has 7 nitrogen and oxygen atoms in total. The van der Waals surface area contributed by atoms with Crippen molar-refractivity contribution in [1.82, 2.24) is 4.57 Å². The minimum Gasteiger partial charge on any atom is -0.341 e. The summed E-state index contributed by atoms with van der Waals surface area (Å²) >= 11 is 0. The highest BCUT2D eigenvalue weighted by molar-refractivity contribution is 6.12. The summed E-state index contributed by atoms with van der Waals surface area (Å²) in [6, 6.07) is 10.7. The number of carbonyl (C=O) groups excluding carboxylic acids is 1. The second-order valence-electron chi connectivity index (χ2n) is 5.93. The van der Waals surface area contributed by atoms with Crippen LogP contribution in [0.1, 0.15) is 32.8 Å². The summed E-state index contributed by atoms with van der Waals surface area (Å²) in [6.07, 6.45) is 0.253. The second-order valence-corrected chi connectivity index (χ2v) is 5.93. The lowest BCUT2D eigenvalue weighted by Gasteiger charge is -2.04. The Balaban J connectivity index is 2.18. The number of hydrogen-bond acceptors (Lipinski definition) is 5. The van der Waals surface area contributed by atoms with Crippen LogP contribution in [0.4, 0.5) is 5.69 Å². The number of non-ortho nitro benzene ring substituents is 1. The van der Waals surface area contributed by atoms with Crippen molar-refractivity contribution in [2.24, 2.45) is 5.16 Å². The number of aryl methyl sites for hydroxylation is 1. The summed E-state index contributed by atoms with van der Waals surface area (Å²) in [5, 5.41) is 16.7. The van der Waals surface area contributed by atoms with Gasteiger partial charge >= 0.3 is 5.97 Å². The normalized spacial score (nSPS) is 11.9. The molecule has 0 fully saturated rings. The van der Waals surface area contributed by atoms with Crippen molar-refractivity contribution in [3.63, 3.8) is 0 Å². The number of carbonyl (C=O) groups is 1. The molecule has 0 saturated carbocycles. The van der Waals surface area contributed by atoms with Crippen LogP contribution in [-0.4, -0.2) is 21.2 Å². The number of aromatic nitrogens is 1. The molecule has 0 atom stereocenters. The molecule has 134 valence electrons. The van der Waals surface area contributed by atoms with Crippen LogP contribution in [0, 0.1) is 10.1 Å². The number of nitrogens with zero attached hydrogens (tertiary/aromatic N) is 3. The highest BCUT2D eigenvalue weighted by Crippen LogP contribution is 2.32. The molecule has 7 heteroatoms. The Bertz CT molecular complexity index is 1050. The van der Waals surface area contributed by atoms with Gasteiger partial charge in [0.25, 0.3) is 5.69 Å². The van der Waals surface area contributed by atoms with E-state index in [1.165, 1.54) is 6.07 Å². The molecule has 0 aliphatic heterocycles. The van der Waals surface area contributed by atoms with E-state index >= 15 is 0 Å². The van der Waals surface area contributed by atoms with Gasteiger partial charge in [0, 0.05) is 46.9 Å². The van der Waals surface area contributed by atoms with Gasteiger partial charge in [-0.3, -0.25) is 10.1 Å². The fourth-order valence-corrected chi connectivity index (χ4v) is 3.01. The summed E-state index contributed by atoms with van der Waals surface area (Å²) in [6.45, 7) is 6.24. The fourth-order valence-electron chi connectivity index (χ4n) is 3.01. The van der Waals surface area contributed by atoms with Crippen LogP contribution in [0.2, 0.25) is 0 Å². The number of nitro benzene ring substituents is 1. The largest absolute Gasteiger partial charge is 0.341 e. The highest BCUT2D eigenvalue weighted by Gasteiger charge is 2.15. The third-order valence-corrected chi connectivity index (χ3v) is 4.37. The van der Waals surface area contributed by atoms with E-state index in [9.17, 15) is 14.9 Å². The molecule has 0 N–H and O–H groups in total. The van der Waals surface area contributed by atoms with Crippen molar-refractivity contribution in [3.8, 4) is 0 Å². The quantitative estimate of drug-likeness (QED) is 0.294. The van der Waals surface area contributed by atoms with Crippen molar-refractivity contribution in [1.29, 1.82) is 0 Å². The van der Waals surface area contributed by atoms with Gasteiger partial charge in [-0.2, -0.15) is 0 Å². The molecule has 3 aromatic rings. The summed E-state index contributed by atoms with van der Waals surface area (Å²) in [7, 11) is 0. The first-order valence-corrected chi connectivity index (χ1v) is 8.41. The van der Waals surface area contributed by atoms with Gasteiger partial charge in [-0.15, -0.1) is 0 Å². The van der Waals surface area contributed by atoms with E-state index in [-0.39, 0.29) is 12.1 Å². The summed E-state index contributed by atoms with van der Waals surface area (Å²) in [5.74, 6) is -0.399. The molecule has 2 aromatic carbocycles. The molecule has 1 aromatic heterocycles. The molecule has 3 rings (SSSR count). The lowest BCUT2D eigenvalue weighted by Crippen LogP contribution is -2.01. The van der Waals surface area contributed by atoms with E-state index in [1.807, 2.05) is 25.1 Å². The lowest BCUT2D eigenvalue weighted by atomic mass is 10.1. The maximum absolute atomic E-state index is 11.3. The average molecular weight is 353 g/mol. The smallest absolute Gasteiger partial charge is 0.334 e. The van der Waals surface area contributed by atoms with Gasteiger partial charge < -0.3 is 9.40 Å². The number of fused-ring (bicyclic) bond motifs is 3. The first-order chi connectivity index (χ1) is 12.5. The van der Waals surface area contributed by atoms with Gasteiger partial charge in [-0.05, 0) is 37.6 Å². The maximum atomic E-state index is 11.3. The number of rotatable bonds is 5. The van der Waals surface area contributed by atoms with E-state index in [1.54, 1.807) is 26.0 Å². The Labute approximate surface area is 150 Å². The van der Waals surface area contributed by atoms with E-state index in [2.05, 4.69) is 9.72 Å². The van der Waals surface area contributed by atoms with Crippen molar-refractivity contribution in [2.75, 3.05) is 0 Å². The predicted octanol–water partition coefficient (Wildman–Crippen LogP) is 4.40. The van der Waals surface area contributed by atoms with Crippen LogP contribution in [-0.2, 0) is 16.2 Å². The molecule has 1 heterocycles. The predicted molar refractivity (Wildman–Crippen MR) is 100 cm³/mol. The van der Waals surface area contributed by atoms with Gasteiger partial charge in [-0.25, -0.2) is 4.79 Å². The molecule has 0 bridgehead atoms. The third-order valence-electron chi connectivity index (χ3n) is 4.37. The Morgan fingerprint density at radius 1 is 1.15 bits per heavy atom. The minimum atomic E-state index is -0.399. The number of nitro groups is 1. The molecule has 0 radical (unpaired) electrons. The van der Waals surface area contributed by atoms with Crippen LogP contribution in [0.15, 0.2) is 41.6 Å². The van der Waals surface area contributed by atoms with Crippen LogP contribution < -0.4 is 0 Å². The zero-order valence-corrected chi connectivity index (χ0v) is 14.9. The van der Waals surface area contributed by atoms with E-state index < -0.39 is 10.9 Å². The molecule has 0 aliphatic rings. The fraction of sp³-hybridized carbons (Fsp3) is 0.263. The maximum Gasteiger partial charge on any atom is 0.334 e. The van der Waals surface area contributed by atoms with Gasteiger partial charge in [0.1, 0.15) is 0 Å². The number of benzene rings is 2. The van der Waals surface area contributed by atoms with Gasteiger partial charge in [-0.1, -0.05) is 18.1 Å². The molecule has 0 unspecified atom stereocenters. The van der Waals surface area contributed by atoms with Gasteiger partial charge in [0.15, 0.2) is 0 Å². The second kappa shape index (κ2) is 6.95. The van der Waals surface area contributed by atoms with E-state index in [4.69, 9.17) is 4.84 Å². The summed E-state index contributed by atoms with van der Waals surface area (Å²) in [5.41, 5.74) is 3.35. The van der Waals surface area contributed by atoms with Crippen molar-refractivity contribution < 1.29 is 14.6 Å². The van der Waals surface area contributed by atoms with Crippen LogP contribution in [0.5, 0.6) is 0 Å². The molecule has 0 amide bonds. The standard InChI is InChI=1S/C19H19N3O4/c1-4-19(23)26-20-12(3)13-6-8-17-15(10-13)16-11-14(22(24)25)7-9-18(16)21(17)5-2/h6-11H,4-5H2,1-3H3. The third kappa shape index (κ3) is 3.03. The highest BCUT2D eigenvalue weighted by atomic mass is 16.7. The Morgan fingerprint density at radius 3 is 2.42 bits per heavy atom. The average Bonchev–Trinajstić information content (AvgIpc) is 2.97. The van der Waals surface area contributed by atoms with Crippen molar-refractivity contribution in [3.05, 3.63) is 52.1 Å². The minimum absolute atomic E-state index is 0.0559. The van der Waals surface area contributed by atoms with E-state index in [0.717, 1.165) is 33.9 Å². The van der Waals surface area contributed by atoms with E-state index in [0.29, 0.717) is 5.71 Å². The molecule has 0 spiro atoms. The molecule has 26 heavy (non-hydrogen) atoms. The molecular weight excluding hydrogens is 334 g/mol. The lowest BCUT2D eigenvalue weighted by molar-refractivity contribution is -0.384. The van der Waals surface area contributed by atoms with Gasteiger partial charge in [0.05, 0.1) is 10.6 Å². The molecule has 0 saturated heterocycles. The Morgan fingerprint density at radius 2 is 1.81 bits per heavy atom. The first-order valence-electron chi connectivity index (χ1n) is 8.41. The van der Waals surface area contributed by atoms with Crippen LogP contribution >= 0.6 is 0 Å². The molecular formula is C19H19N3O4. The molecule has 0 aliphatic carbocycles. The monoisotopic (exact) mass is 353 g/mol. The SMILES string of the molecule is CCC(=O)ON=C(C)c1ccc2c(c1)c1cc([N+](=O)[O-])ccc1n2CC. The number of hydrogen-bond donors (Lipinski definition) is 0. The van der Waals surface area contributed by atoms with Crippen molar-refractivity contribution in [2.45, 2.75) is 33.7 Å². The zero-order valence-electron chi connectivity index (χ0n) is 14.9. The topological polar surface area (TPSA) is 86.7 Å². The van der Waals surface area contributed by atoms with Gasteiger partial charge in [0.2, 0.25) is 0 Å². The summed E-state index contributed by atoms with van der Waals surface area (Å²) < 4.78 is 2.11. The Kier molecular flexibility index (Phi) is 4.71. The van der Waals surface area contributed by atoms with Crippen molar-refractivity contribution >= 4 is 39.2 Å². The Hall–Kier alpha value is -3.22. The van der Waals surface area contributed by atoms with Crippen LogP contribution in [0.3, 0.4) is 0 Å². The van der Waals surface area contributed by atoms with Crippen LogP contribution in [0.25, 0.3) is 21.8 Å². The number of oxime groups is 1.